The predicted octanol–water partition coefficient (Wildman–Crippen LogP) is 4.78. The third-order valence-electron chi connectivity index (χ3n) is 3.40. The van der Waals surface area contributed by atoms with Gasteiger partial charge in [0.2, 0.25) is 0 Å². The quantitative estimate of drug-likeness (QED) is 0.499. The van der Waals surface area contributed by atoms with E-state index in [0.29, 0.717) is 6.54 Å². The van der Waals surface area contributed by atoms with Crippen LogP contribution in [0.2, 0.25) is 0 Å². The van der Waals surface area contributed by atoms with Crippen molar-refractivity contribution in [2.75, 3.05) is 18.0 Å². The fourth-order valence-electron chi connectivity index (χ4n) is 2.19. The van der Waals surface area contributed by atoms with Gasteiger partial charge in [0.15, 0.2) is 5.78 Å². The summed E-state index contributed by atoms with van der Waals surface area (Å²) in [6, 6.07) is 17.9. The number of anilines is 1. The molecule has 0 saturated heterocycles. The van der Waals surface area contributed by atoms with Crippen molar-refractivity contribution in [3.8, 4) is 0 Å². The SMILES string of the molecule is CCCCN(CC(=O)c1ccc(I)cc1)c1ccccc1. The van der Waals surface area contributed by atoms with Crippen molar-refractivity contribution in [1.29, 1.82) is 0 Å². The van der Waals surface area contributed by atoms with Crippen molar-refractivity contribution in [2.24, 2.45) is 0 Å². The smallest absolute Gasteiger partial charge is 0.182 e. The monoisotopic (exact) mass is 393 g/mol. The van der Waals surface area contributed by atoms with E-state index in [2.05, 4.69) is 46.5 Å². The predicted molar refractivity (Wildman–Crippen MR) is 97.1 cm³/mol. The number of carbonyl (C=O) groups is 1. The molecule has 0 atom stereocenters. The summed E-state index contributed by atoms with van der Waals surface area (Å²) in [5.41, 5.74) is 1.90. The average Bonchev–Trinajstić information content (AvgIpc) is 2.52. The van der Waals surface area contributed by atoms with E-state index in [1.807, 2.05) is 42.5 Å². The van der Waals surface area contributed by atoms with Crippen LogP contribution < -0.4 is 4.90 Å². The zero-order chi connectivity index (χ0) is 15.1. The van der Waals surface area contributed by atoms with Crippen LogP contribution in [0, 0.1) is 3.57 Å². The minimum absolute atomic E-state index is 0.173. The molecule has 21 heavy (non-hydrogen) atoms. The molecule has 0 aliphatic rings. The minimum atomic E-state index is 0.173. The lowest BCUT2D eigenvalue weighted by molar-refractivity contribution is 0.0999. The van der Waals surface area contributed by atoms with Gasteiger partial charge in [0.1, 0.15) is 0 Å². The molecule has 110 valence electrons. The highest BCUT2D eigenvalue weighted by atomic mass is 127. The summed E-state index contributed by atoms with van der Waals surface area (Å²) >= 11 is 2.25. The van der Waals surface area contributed by atoms with Gasteiger partial charge in [-0.25, -0.2) is 0 Å². The first-order chi connectivity index (χ1) is 10.2. The van der Waals surface area contributed by atoms with Crippen molar-refractivity contribution in [2.45, 2.75) is 19.8 Å². The first-order valence-electron chi connectivity index (χ1n) is 7.29. The summed E-state index contributed by atoms with van der Waals surface area (Å²) in [7, 11) is 0. The highest BCUT2D eigenvalue weighted by Gasteiger charge is 2.12. The molecule has 0 spiro atoms. The van der Waals surface area contributed by atoms with Crippen LogP contribution >= 0.6 is 22.6 Å². The van der Waals surface area contributed by atoms with Crippen LogP contribution in [0.5, 0.6) is 0 Å². The number of Topliss-reactive ketones (excluding diaryl/α,β-unsaturated/α-hetero) is 1. The van der Waals surface area contributed by atoms with Gasteiger partial charge in [0, 0.05) is 21.4 Å². The third kappa shape index (κ3) is 4.84. The molecule has 0 bridgehead atoms. The number of hydrogen-bond donors (Lipinski definition) is 0. The standard InChI is InChI=1S/C18H20INO/c1-2-3-13-20(17-7-5-4-6-8-17)14-18(21)15-9-11-16(19)12-10-15/h4-12H,2-3,13-14H2,1H3. The highest BCUT2D eigenvalue weighted by Crippen LogP contribution is 2.16. The molecule has 0 radical (unpaired) electrons. The summed E-state index contributed by atoms with van der Waals surface area (Å²) in [5.74, 6) is 0.173. The van der Waals surface area contributed by atoms with Gasteiger partial charge in [-0.3, -0.25) is 4.79 Å². The van der Waals surface area contributed by atoms with Gasteiger partial charge in [0.25, 0.3) is 0 Å². The molecule has 2 nitrogen and oxygen atoms in total. The van der Waals surface area contributed by atoms with E-state index < -0.39 is 0 Å². The zero-order valence-electron chi connectivity index (χ0n) is 12.3. The highest BCUT2D eigenvalue weighted by molar-refractivity contribution is 14.1. The number of ketones is 1. The minimum Gasteiger partial charge on any atom is -0.364 e. The number of nitrogens with zero attached hydrogens (tertiary/aromatic N) is 1. The van der Waals surface area contributed by atoms with Gasteiger partial charge >= 0.3 is 0 Å². The van der Waals surface area contributed by atoms with Crippen LogP contribution in [0.1, 0.15) is 30.1 Å². The lowest BCUT2D eigenvalue weighted by Crippen LogP contribution is -2.30. The molecule has 2 aromatic carbocycles. The van der Waals surface area contributed by atoms with Crippen LogP contribution in [0.25, 0.3) is 0 Å². The number of carbonyl (C=O) groups excluding carboxylic acids is 1. The number of benzene rings is 2. The fraction of sp³-hybridized carbons (Fsp3) is 0.278. The van der Waals surface area contributed by atoms with Gasteiger partial charge in [-0.05, 0) is 53.3 Å². The Balaban J connectivity index is 2.11. The molecule has 2 aromatic rings. The Labute approximate surface area is 140 Å². The van der Waals surface area contributed by atoms with Gasteiger partial charge < -0.3 is 4.90 Å². The molecule has 0 aliphatic heterocycles. The summed E-state index contributed by atoms with van der Waals surface area (Å²) in [4.78, 5) is 14.6. The Morgan fingerprint density at radius 1 is 1.05 bits per heavy atom. The van der Waals surface area contributed by atoms with E-state index in [-0.39, 0.29) is 5.78 Å². The first kappa shape index (κ1) is 16.0. The molecule has 0 heterocycles. The lowest BCUT2D eigenvalue weighted by Gasteiger charge is -2.24. The molecule has 0 saturated carbocycles. The molecule has 2 rings (SSSR count). The van der Waals surface area contributed by atoms with Crippen molar-refractivity contribution in [3.05, 3.63) is 63.7 Å². The van der Waals surface area contributed by atoms with Crippen LogP contribution in [0.15, 0.2) is 54.6 Å². The molecule has 0 aromatic heterocycles. The Hall–Kier alpha value is -1.36. The molecule has 0 aliphatic carbocycles. The van der Waals surface area contributed by atoms with E-state index in [1.54, 1.807) is 0 Å². The topological polar surface area (TPSA) is 20.3 Å². The molecule has 0 N–H and O–H groups in total. The Kier molecular flexibility index (Phi) is 6.23. The van der Waals surface area contributed by atoms with Crippen molar-refractivity contribution in [3.63, 3.8) is 0 Å². The molecule has 0 fully saturated rings. The fourth-order valence-corrected chi connectivity index (χ4v) is 2.55. The third-order valence-corrected chi connectivity index (χ3v) is 4.12. The number of para-hydroxylation sites is 1. The normalized spacial score (nSPS) is 10.4. The van der Waals surface area contributed by atoms with Crippen LogP contribution in [-0.4, -0.2) is 18.9 Å². The van der Waals surface area contributed by atoms with E-state index in [4.69, 9.17) is 0 Å². The summed E-state index contributed by atoms with van der Waals surface area (Å²) in [5, 5.41) is 0. The van der Waals surface area contributed by atoms with E-state index in [9.17, 15) is 4.79 Å². The number of rotatable bonds is 7. The lowest BCUT2D eigenvalue weighted by atomic mass is 10.1. The number of halogens is 1. The molecular formula is C18H20INO. The largest absolute Gasteiger partial charge is 0.364 e. The van der Waals surface area contributed by atoms with Crippen molar-refractivity contribution in [1.82, 2.24) is 0 Å². The van der Waals surface area contributed by atoms with E-state index >= 15 is 0 Å². The second kappa shape index (κ2) is 8.17. The van der Waals surface area contributed by atoms with Gasteiger partial charge in [0.05, 0.1) is 6.54 Å². The summed E-state index contributed by atoms with van der Waals surface area (Å²) in [6.45, 7) is 3.52. The zero-order valence-corrected chi connectivity index (χ0v) is 14.4. The number of unbranched alkanes of at least 4 members (excludes halogenated alkanes) is 1. The van der Waals surface area contributed by atoms with Crippen molar-refractivity contribution >= 4 is 34.1 Å². The Morgan fingerprint density at radius 2 is 1.71 bits per heavy atom. The van der Waals surface area contributed by atoms with E-state index in [1.165, 1.54) is 0 Å². The maximum absolute atomic E-state index is 12.5. The second-order valence-corrected chi connectivity index (χ2v) is 6.29. The average molecular weight is 393 g/mol. The Morgan fingerprint density at radius 3 is 2.33 bits per heavy atom. The second-order valence-electron chi connectivity index (χ2n) is 5.04. The maximum atomic E-state index is 12.5. The van der Waals surface area contributed by atoms with Crippen LogP contribution in [0.3, 0.4) is 0 Å². The van der Waals surface area contributed by atoms with Crippen LogP contribution in [0.4, 0.5) is 5.69 Å². The summed E-state index contributed by atoms with van der Waals surface area (Å²) in [6.07, 6.45) is 2.22. The van der Waals surface area contributed by atoms with E-state index in [0.717, 1.165) is 34.2 Å². The van der Waals surface area contributed by atoms with Crippen molar-refractivity contribution < 1.29 is 4.79 Å². The van der Waals surface area contributed by atoms with Gasteiger partial charge in [-0.15, -0.1) is 0 Å². The molecule has 0 amide bonds. The van der Waals surface area contributed by atoms with Crippen LogP contribution in [-0.2, 0) is 0 Å². The maximum Gasteiger partial charge on any atom is 0.182 e. The summed E-state index contributed by atoms with van der Waals surface area (Å²) < 4.78 is 1.15. The Bertz CT molecular complexity index is 566. The van der Waals surface area contributed by atoms with Gasteiger partial charge in [-0.2, -0.15) is 0 Å². The van der Waals surface area contributed by atoms with Gasteiger partial charge in [-0.1, -0.05) is 43.7 Å². The molecular weight excluding hydrogens is 373 g/mol. The first-order valence-corrected chi connectivity index (χ1v) is 8.37. The molecule has 0 unspecified atom stereocenters. The molecule has 3 heteroatoms. The number of hydrogen-bond acceptors (Lipinski definition) is 2.